The van der Waals surface area contributed by atoms with E-state index in [0.717, 1.165) is 13.3 Å². The number of hydrogen-bond donors (Lipinski definition) is 0. The lowest BCUT2D eigenvalue weighted by molar-refractivity contribution is 0.103. The maximum atomic E-state index is 12.3. The summed E-state index contributed by atoms with van der Waals surface area (Å²) in [4.78, 5) is 14.2. The Bertz CT molecular complexity index is 560. The lowest BCUT2D eigenvalue weighted by Crippen LogP contribution is -2.02. The van der Waals surface area contributed by atoms with Crippen LogP contribution in [0.1, 0.15) is 20.1 Å². The van der Waals surface area contributed by atoms with Gasteiger partial charge in [0, 0.05) is 8.45 Å². The number of methoxy groups -OCH3 is 1. The summed E-state index contributed by atoms with van der Waals surface area (Å²) in [5, 5.41) is 0. The predicted octanol–water partition coefficient (Wildman–Crippen LogP) is 3.90. The van der Waals surface area contributed by atoms with Gasteiger partial charge in [-0.2, -0.15) is 0 Å². The fourth-order valence-electron chi connectivity index (χ4n) is 1.55. The monoisotopic (exact) mass is 358 g/mol. The van der Waals surface area contributed by atoms with Crippen molar-refractivity contribution in [1.82, 2.24) is 0 Å². The first-order chi connectivity index (χ1) is 8.11. The number of ether oxygens (including phenoxy) is 1. The van der Waals surface area contributed by atoms with Crippen molar-refractivity contribution >= 4 is 39.7 Å². The van der Waals surface area contributed by atoms with Crippen molar-refractivity contribution in [2.24, 2.45) is 0 Å². The smallest absolute Gasteiger partial charge is 0.206 e. The molecular weight excluding hydrogens is 347 g/mol. The normalized spacial score (nSPS) is 10.3. The van der Waals surface area contributed by atoms with E-state index in [-0.39, 0.29) is 5.78 Å². The van der Waals surface area contributed by atoms with E-state index in [9.17, 15) is 4.79 Å². The first-order valence-electron chi connectivity index (χ1n) is 5.06. The minimum absolute atomic E-state index is 0.0264. The second kappa shape index (κ2) is 5.18. The standard InChI is InChI=1S/C13H11IO2S/c1-8-3-6-12(17-8)13(15)10-7-9(14)4-5-11(10)16-2/h3-7H,1-2H3. The molecule has 0 spiro atoms. The van der Waals surface area contributed by atoms with E-state index in [1.165, 1.54) is 11.3 Å². The third kappa shape index (κ3) is 2.69. The van der Waals surface area contributed by atoms with Gasteiger partial charge in [0.1, 0.15) is 5.75 Å². The third-order valence-electron chi connectivity index (χ3n) is 2.37. The number of benzene rings is 1. The molecule has 2 rings (SSSR count). The summed E-state index contributed by atoms with van der Waals surface area (Å²) in [7, 11) is 1.58. The average Bonchev–Trinajstić information content (AvgIpc) is 2.75. The van der Waals surface area contributed by atoms with Crippen LogP contribution in [-0.2, 0) is 0 Å². The predicted molar refractivity (Wildman–Crippen MR) is 78.2 cm³/mol. The number of aryl methyl sites for hydroxylation is 1. The summed E-state index contributed by atoms with van der Waals surface area (Å²) in [5.41, 5.74) is 0.626. The van der Waals surface area contributed by atoms with Crippen molar-refractivity contribution in [3.63, 3.8) is 0 Å². The van der Waals surface area contributed by atoms with E-state index in [0.29, 0.717) is 11.3 Å². The van der Waals surface area contributed by atoms with Gasteiger partial charge in [0.15, 0.2) is 0 Å². The quantitative estimate of drug-likeness (QED) is 0.615. The minimum Gasteiger partial charge on any atom is -0.496 e. The van der Waals surface area contributed by atoms with Gasteiger partial charge in [-0.25, -0.2) is 0 Å². The maximum Gasteiger partial charge on any atom is 0.206 e. The average molecular weight is 358 g/mol. The molecule has 0 aliphatic heterocycles. The molecule has 2 aromatic rings. The Kier molecular flexibility index (Phi) is 3.83. The molecule has 0 unspecified atom stereocenters. The first kappa shape index (κ1) is 12.6. The van der Waals surface area contributed by atoms with Crippen LogP contribution >= 0.6 is 33.9 Å². The van der Waals surface area contributed by atoms with Crippen LogP contribution in [0.2, 0.25) is 0 Å². The Morgan fingerprint density at radius 2 is 2.06 bits per heavy atom. The van der Waals surface area contributed by atoms with E-state index < -0.39 is 0 Å². The zero-order valence-corrected chi connectivity index (χ0v) is 12.5. The van der Waals surface area contributed by atoms with Gasteiger partial charge >= 0.3 is 0 Å². The van der Waals surface area contributed by atoms with Gasteiger partial charge in [-0.1, -0.05) is 0 Å². The van der Waals surface area contributed by atoms with Gasteiger partial charge in [0.05, 0.1) is 17.6 Å². The molecule has 0 aliphatic rings. The zero-order valence-electron chi connectivity index (χ0n) is 9.49. The molecule has 1 aromatic heterocycles. The van der Waals surface area contributed by atoms with Crippen molar-refractivity contribution in [1.29, 1.82) is 0 Å². The molecule has 0 amide bonds. The molecule has 0 atom stereocenters. The van der Waals surface area contributed by atoms with E-state index >= 15 is 0 Å². The van der Waals surface area contributed by atoms with E-state index in [1.807, 2.05) is 37.3 Å². The zero-order chi connectivity index (χ0) is 12.4. The van der Waals surface area contributed by atoms with Gasteiger partial charge in [-0.05, 0) is 59.8 Å². The SMILES string of the molecule is COc1ccc(I)cc1C(=O)c1ccc(C)s1. The molecule has 4 heteroatoms. The highest BCUT2D eigenvalue weighted by Gasteiger charge is 2.16. The van der Waals surface area contributed by atoms with Crippen LogP contribution in [0.15, 0.2) is 30.3 Å². The number of carbonyl (C=O) groups excluding carboxylic acids is 1. The Balaban J connectivity index is 2.46. The van der Waals surface area contributed by atoms with Gasteiger partial charge in [0.25, 0.3) is 0 Å². The Labute approximate surface area is 118 Å². The highest BCUT2D eigenvalue weighted by atomic mass is 127. The molecule has 1 heterocycles. The number of carbonyl (C=O) groups is 1. The summed E-state index contributed by atoms with van der Waals surface area (Å²) < 4.78 is 6.26. The van der Waals surface area contributed by atoms with Crippen LogP contribution < -0.4 is 4.74 Å². The van der Waals surface area contributed by atoms with Crippen molar-refractivity contribution < 1.29 is 9.53 Å². The summed E-state index contributed by atoms with van der Waals surface area (Å²) in [6.45, 7) is 1.99. The van der Waals surface area contributed by atoms with Crippen LogP contribution in [0.4, 0.5) is 0 Å². The van der Waals surface area contributed by atoms with E-state index in [1.54, 1.807) is 7.11 Å². The van der Waals surface area contributed by atoms with Crippen molar-refractivity contribution in [2.75, 3.05) is 7.11 Å². The molecule has 0 saturated carbocycles. The lowest BCUT2D eigenvalue weighted by atomic mass is 10.1. The number of rotatable bonds is 3. The number of thiophene rings is 1. The van der Waals surface area contributed by atoms with Crippen LogP contribution in [0.25, 0.3) is 0 Å². The van der Waals surface area contributed by atoms with Crippen LogP contribution in [0.5, 0.6) is 5.75 Å². The second-order valence-corrected chi connectivity index (χ2v) is 6.12. The largest absolute Gasteiger partial charge is 0.496 e. The molecule has 0 bridgehead atoms. The van der Waals surface area contributed by atoms with Crippen LogP contribution in [-0.4, -0.2) is 12.9 Å². The minimum atomic E-state index is 0.0264. The second-order valence-electron chi connectivity index (χ2n) is 3.58. The molecule has 2 nitrogen and oxygen atoms in total. The summed E-state index contributed by atoms with van der Waals surface area (Å²) in [6, 6.07) is 9.43. The van der Waals surface area contributed by atoms with Gasteiger partial charge in [-0.3, -0.25) is 4.79 Å². The highest BCUT2D eigenvalue weighted by Crippen LogP contribution is 2.26. The van der Waals surface area contributed by atoms with Crippen molar-refractivity contribution in [2.45, 2.75) is 6.92 Å². The van der Waals surface area contributed by atoms with E-state index in [4.69, 9.17) is 4.74 Å². The summed E-state index contributed by atoms with van der Waals surface area (Å²) in [5.74, 6) is 0.653. The molecule has 17 heavy (non-hydrogen) atoms. The molecule has 1 aromatic carbocycles. The number of ketones is 1. The molecular formula is C13H11IO2S. The maximum absolute atomic E-state index is 12.3. The lowest BCUT2D eigenvalue weighted by Gasteiger charge is -2.06. The molecule has 0 N–H and O–H groups in total. The molecule has 0 aliphatic carbocycles. The molecule has 0 fully saturated rings. The Morgan fingerprint density at radius 3 is 2.65 bits per heavy atom. The highest BCUT2D eigenvalue weighted by molar-refractivity contribution is 14.1. The number of hydrogen-bond acceptors (Lipinski definition) is 3. The topological polar surface area (TPSA) is 26.3 Å². The van der Waals surface area contributed by atoms with E-state index in [2.05, 4.69) is 22.6 Å². The van der Waals surface area contributed by atoms with Crippen LogP contribution in [0, 0.1) is 10.5 Å². The molecule has 88 valence electrons. The summed E-state index contributed by atoms with van der Waals surface area (Å²) in [6.07, 6.45) is 0. The van der Waals surface area contributed by atoms with Gasteiger partial charge < -0.3 is 4.74 Å². The van der Waals surface area contributed by atoms with Crippen molar-refractivity contribution in [3.05, 3.63) is 49.2 Å². The van der Waals surface area contributed by atoms with Crippen molar-refractivity contribution in [3.8, 4) is 5.75 Å². The van der Waals surface area contributed by atoms with Gasteiger partial charge in [-0.15, -0.1) is 11.3 Å². The fraction of sp³-hybridized carbons (Fsp3) is 0.154. The fourth-order valence-corrected chi connectivity index (χ4v) is 2.86. The molecule has 0 radical (unpaired) electrons. The Hall–Kier alpha value is -0.880. The first-order valence-corrected chi connectivity index (χ1v) is 6.96. The van der Waals surface area contributed by atoms with Crippen LogP contribution in [0.3, 0.4) is 0 Å². The number of halogens is 1. The molecule has 0 saturated heterocycles. The third-order valence-corrected chi connectivity index (χ3v) is 4.04. The summed E-state index contributed by atoms with van der Waals surface area (Å²) >= 11 is 3.70. The van der Waals surface area contributed by atoms with Gasteiger partial charge in [0.2, 0.25) is 5.78 Å². The Morgan fingerprint density at radius 1 is 1.29 bits per heavy atom.